The average molecular weight is 351 g/mol. The number of amides is 1. The molecule has 4 nitrogen and oxygen atoms in total. The van der Waals surface area contributed by atoms with E-state index in [2.05, 4.69) is 40.8 Å². The van der Waals surface area contributed by atoms with E-state index < -0.39 is 0 Å². The summed E-state index contributed by atoms with van der Waals surface area (Å²) >= 11 is 0. The SMILES string of the molecule is CC1CCc2[nH]c3c(C(=O)N4CC5CCCN5CC4C)cccc3c2C1. The van der Waals surface area contributed by atoms with E-state index in [0.29, 0.717) is 6.04 Å². The number of hydrogen-bond donors (Lipinski definition) is 1. The van der Waals surface area contributed by atoms with Crippen molar-refractivity contribution in [2.75, 3.05) is 19.6 Å². The van der Waals surface area contributed by atoms with Gasteiger partial charge >= 0.3 is 0 Å². The number of piperazine rings is 1. The van der Waals surface area contributed by atoms with E-state index in [1.807, 2.05) is 6.07 Å². The molecule has 138 valence electrons. The molecule has 4 heteroatoms. The Morgan fingerprint density at radius 3 is 2.96 bits per heavy atom. The summed E-state index contributed by atoms with van der Waals surface area (Å²) in [6.45, 7) is 7.64. The summed E-state index contributed by atoms with van der Waals surface area (Å²) < 4.78 is 0. The Labute approximate surface area is 155 Å². The zero-order valence-corrected chi connectivity index (χ0v) is 15.9. The average Bonchev–Trinajstić information content (AvgIpc) is 3.23. The summed E-state index contributed by atoms with van der Waals surface area (Å²) in [5.74, 6) is 0.942. The van der Waals surface area contributed by atoms with E-state index in [1.165, 1.54) is 42.5 Å². The first-order valence-corrected chi connectivity index (χ1v) is 10.3. The van der Waals surface area contributed by atoms with Gasteiger partial charge in [-0.25, -0.2) is 0 Å². The van der Waals surface area contributed by atoms with Gasteiger partial charge in [0.25, 0.3) is 5.91 Å². The van der Waals surface area contributed by atoms with Gasteiger partial charge in [0.05, 0.1) is 11.1 Å². The van der Waals surface area contributed by atoms with Crippen LogP contribution < -0.4 is 0 Å². The van der Waals surface area contributed by atoms with Crippen molar-refractivity contribution in [3.63, 3.8) is 0 Å². The van der Waals surface area contributed by atoms with E-state index in [1.54, 1.807) is 0 Å². The molecule has 1 aromatic heterocycles. The highest BCUT2D eigenvalue weighted by Gasteiger charge is 2.37. The molecular weight excluding hydrogens is 322 g/mol. The third-order valence-electron chi connectivity index (χ3n) is 6.90. The van der Waals surface area contributed by atoms with Crippen molar-refractivity contribution in [1.29, 1.82) is 0 Å². The van der Waals surface area contributed by atoms with Crippen LogP contribution >= 0.6 is 0 Å². The van der Waals surface area contributed by atoms with Crippen LogP contribution in [0.1, 0.15) is 54.7 Å². The maximum atomic E-state index is 13.5. The highest BCUT2D eigenvalue weighted by molar-refractivity contribution is 6.07. The maximum absolute atomic E-state index is 13.5. The molecule has 3 unspecified atom stereocenters. The van der Waals surface area contributed by atoms with Gasteiger partial charge in [-0.15, -0.1) is 0 Å². The Balaban J connectivity index is 1.51. The van der Waals surface area contributed by atoms with E-state index in [4.69, 9.17) is 0 Å². The smallest absolute Gasteiger partial charge is 0.256 e. The largest absolute Gasteiger partial charge is 0.358 e. The molecule has 2 aliphatic heterocycles. The van der Waals surface area contributed by atoms with Crippen LogP contribution in [-0.2, 0) is 12.8 Å². The molecular formula is C22H29N3O. The number of aryl methyl sites for hydroxylation is 1. The van der Waals surface area contributed by atoms with Gasteiger partial charge in [0.15, 0.2) is 0 Å². The molecule has 1 N–H and O–H groups in total. The Morgan fingerprint density at radius 2 is 2.08 bits per heavy atom. The lowest BCUT2D eigenvalue weighted by Gasteiger charge is -2.42. The second kappa shape index (κ2) is 6.12. The second-order valence-electron chi connectivity index (χ2n) is 8.76. The fraction of sp³-hybridized carbons (Fsp3) is 0.591. The molecule has 2 fully saturated rings. The Morgan fingerprint density at radius 1 is 1.19 bits per heavy atom. The van der Waals surface area contributed by atoms with Crippen LogP contribution in [0.15, 0.2) is 18.2 Å². The van der Waals surface area contributed by atoms with Gasteiger partial charge in [-0.3, -0.25) is 9.69 Å². The Kier molecular flexibility index (Phi) is 3.85. The lowest BCUT2D eigenvalue weighted by molar-refractivity contribution is 0.0397. The summed E-state index contributed by atoms with van der Waals surface area (Å²) in [5.41, 5.74) is 4.73. The van der Waals surface area contributed by atoms with E-state index in [9.17, 15) is 4.79 Å². The summed E-state index contributed by atoms with van der Waals surface area (Å²) in [6.07, 6.45) is 5.98. The van der Waals surface area contributed by atoms with E-state index >= 15 is 0 Å². The number of aromatic nitrogens is 1. The van der Waals surface area contributed by atoms with Crippen molar-refractivity contribution in [2.24, 2.45) is 5.92 Å². The number of para-hydroxylation sites is 1. The molecule has 26 heavy (non-hydrogen) atoms. The van der Waals surface area contributed by atoms with Gasteiger partial charge in [-0.2, -0.15) is 0 Å². The number of H-pyrrole nitrogens is 1. The summed E-state index contributed by atoms with van der Waals surface area (Å²) in [4.78, 5) is 21.8. The standard InChI is InChI=1S/C22H29N3O/c1-14-8-9-20-19(11-14)17-6-3-7-18(21(17)23-20)22(26)25-13-16-5-4-10-24(16)12-15(25)2/h3,6-7,14-16,23H,4-5,8-13H2,1-2H3. The third-order valence-corrected chi connectivity index (χ3v) is 6.90. The Hall–Kier alpha value is -1.81. The molecule has 1 aliphatic carbocycles. The number of carbonyl (C=O) groups excluding carboxylic acids is 1. The fourth-order valence-electron chi connectivity index (χ4n) is 5.42. The van der Waals surface area contributed by atoms with Gasteiger partial charge in [-0.1, -0.05) is 19.1 Å². The first kappa shape index (κ1) is 16.4. The van der Waals surface area contributed by atoms with Crippen molar-refractivity contribution in [3.8, 4) is 0 Å². The van der Waals surface area contributed by atoms with Crippen LogP contribution in [0.4, 0.5) is 0 Å². The molecule has 1 amide bonds. The van der Waals surface area contributed by atoms with E-state index in [0.717, 1.165) is 42.9 Å². The first-order chi connectivity index (χ1) is 12.6. The van der Waals surface area contributed by atoms with Crippen molar-refractivity contribution in [2.45, 2.75) is 58.0 Å². The first-order valence-electron chi connectivity index (χ1n) is 10.3. The zero-order chi connectivity index (χ0) is 17.8. The van der Waals surface area contributed by atoms with Crippen LogP contribution in [-0.4, -0.2) is 52.4 Å². The molecule has 2 aromatic rings. The molecule has 0 bridgehead atoms. The monoisotopic (exact) mass is 351 g/mol. The van der Waals surface area contributed by atoms with Crippen molar-refractivity contribution in [1.82, 2.24) is 14.8 Å². The van der Waals surface area contributed by atoms with Crippen molar-refractivity contribution >= 4 is 16.8 Å². The molecule has 2 saturated heterocycles. The number of rotatable bonds is 1. The molecule has 0 saturated carbocycles. The molecule has 3 aliphatic rings. The number of nitrogens with one attached hydrogen (secondary N) is 1. The minimum absolute atomic E-state index is 0.210. The van der Waals surface area contributed by atoms with Crippen LogP contribution in [0, 0.1) is 5.92 Å². The quantitative estimate of drug-likeness (QED) is 0.853. The zero-order valence-electron chi connectivity index (χ0n) is 15.9. The normalized spacial score (nSPS) is 29.0. The number of nitrogens with zero attached hydrogens (tertiary/aromatic N) is 2. The summed E-state index contributed by atoms with van der Waals surface area (Å²) in [5, 5.41) is 1.27. The fourth-order valence-corrected chi connectivity index (χ4v) is 5.42. The molecule has 3 atom stereocenters. The lowest BCUT2D eigenvalue weighted by Crippen LogP contribution is -2.56. The number of carbonyl (C=O) groups is 1. The summed E-state index contributed by atoms with van der Waals surface area (Å²) in [6, 6.07) is 7.13. The minimum atomic E-state index is 0.210. The van der Waals surface area contributed by atoms with Gasteiger partial charge in [0.2, 0.25) is 0 Å². The Bertz CT molecular complexity index is 854. The van der Waals surface area contributed by atoms with Gasteiger partial charge < -0.3 is 9.88 Å². The van der Waals surface area contributed by atoms with Gasteiger partial charge in [0.1, 0.15) is 0 Å². The van der Waals surface area contributed by atoms with Crippen molar-refractivity contribution in [3.05, 3.63) is 35.0 Å². The second-order valence-corrected chi connectivity index (χ2v) is 8.76. The molecule has 1 aromatic carbocycles. The van der Waals surface area contributed by atoms with Crippen LogP contribution in [0.25, 0.3) is 10.9 Å². The third kappa shape index (κ3) is 2.50. The minimum Gasteiger partial charge on any atom is -0.358 e. The van der Waals surface area contributed by atoms with Crippen LogP contribution in [0.2, 0.25) is 0 Å². The highest BCUT2D eigenvalue weighted by Crippen LogP contribution is 2.34. The number of fused-ring (bicyclic) bond motifs is 4. The van der Waals surface area contributed by atoms with Gasteiger partial charge in [0, 0.05) is 36.3 Å². The molecule has 0 spiro atoms. The lowest BCUT2D eigenvalue weighted by atomic mass is 9.87. The maximum Gasteiger partial charge on any atom is 0.256 e. The van der Waals surface area contributed by atoms with Crippen molar-refractivity contribution < 1.29 is 4.79 Å². The van der Waals surface area contributed by atoms with Crippen LogP contribution in [0.5, 0.6) is 0 Å². The predicted molar refractivity (Wildman–Crippen MR) is 105 cm³/mol. The molecule has 5 rings (SSSR count). The number of hydrogen-bond acceptors (Lipinski definition) is 2. The van der Waals surface area contributed by atoms with E-state index in [-0.39, 0.29) is 11.9 Å². The highest BCUT2D eigenvalue weighted by atomic mass is 16.2. The van der Waals surface area contributed by atoms with Gasteiger partial charge in [-0.05, 0) is 63.1 Å². The topological polar surface area (TPSA) is 39.3 Å². The summed E-state index contributed by atoms with van der Waals surface area (Å²) in [7, 11) is 0. The number of benzene rings is 1. The van der Waals surface area contributed by atoms with Crippen LogP contribution in [0.3, 0.4) is 0 Å². The molecule has 0 radical (unpaired) electrons. The molecule has 3 heterocycles. The number of aromatic amines is 1. The predicted octanol–water partition coefficient (Wildman–Crippen LogP) is 3.60.